The van der Waals surface area contributed by atoms with Crippen molar-refractivity contribution in [3.8, 4) is 5.75 Å². The molecule has 2 N–H and O–H groups in total. The van der Waals surface area contributed by atoms with Crippen LogP contribution in [0.5, 0.6) is 5.75 Å². The molecule has 1 saturated heterocycles. The third-order valence-corrected chi connectivity index (χ3v) is 7.79. The molecule has 2 aromatic carbocycles. The summed E-state index contributed by atoms with van der Waals surface area (Å²) >= 11 is 6.27. The van der Waals surface area contributed by atoms with Gasteiger partial charge in [0.2, 0.25) is 0 Å². The number of hydrogen-bond donors (Lipinski definition) is 1. The normalized spacial score (nSPS) is 22.4. The van der Waals surface area contributed by atoms with Gasteiger partial charge in [-0.05, 0) is 74.9 Å². The summed E-state index contributed by atoms with van der Waals surface area (Å²) < 4.78 is 5.49. The summed E-state index contributed by atoms with van der Waals surface area (Å²) in [7, 11) is 1.61. The van der Waals surface area contributed by atoms with Crippen LogP contribution < -0.4 is 15.4 Å². The van der Waals surface area contributed by atoms with Gasteiger partial charge in [-0.25, -0.2) is 0 Å². The van der Waals surface area contributed by atoms with Crippen molar-refractivity contribution in [3.63, 3.8) is 0 Å². The molecular formula is C28H33ClN4O2. The van der Waals surface area contributed by atoms with E-state index in [1.54, 1.807) is 7.11 Å². The highest BCUT2D eigenvalue weighted by atomic mass is 35.5. The molecule has 1 atom stereocenters. The molecule has 0 unspecified atom stereocenters. The average molecular weight is 493 g/mol. The molecular weight excluding hydrogens is 460 g/mol. The zero-order valence-electron chi connectivity index (χ0n) is 20.2. The number of carbonyl (C=O) groups excluding carboxylic acids is 1. The maximum atomic E-state index is 13.6. The lowest BCUT2D eigenvalue weighted by Crippen LogP contribution is -2.48. The van der Waals surface area contributed by atoms with Gasteiger partial charge in [0.05, 0.1) is 18.2 Å². The van der Waals surface area contributed by atoms with E-state index in [1.807, 2.05) is 47.5 Å². The van der Waals surface area contributed by atoms with E-state index in [1.165, 1.54) is 0 Å². The first-order chi connectivity index (χ1) is 17.0. The Labute approximate surface area is 212 Å². The van der Waals surface area contributed by atoms with Gasteiger partial charge in [-0.3, -0.25) is 9.78 Å². The van der Waals surface area contributed by atoms with Gasteiger partial charge in [0.1, 0.15) is 5.75 Å². The van der Waals surface area contributed by atoms with Crippen molar-refractivity contribution >= 4 is 34.1 Å². The monoisotopic (exact) mass is 492 g/mol. The van der Waals surface area contributed by atoms with Crippen LogP contribution in [0.2, 0.25) is 5.02 Å². The van der Waals surface area contributed by atoms with Crippen LogP contribution in [0, 0.1) is 0 Å². The molecule has 1 aromatic heterocycles. The van der Waals surface area contributed by atoms with Crippen LogP contribution in [-0.4, -0.2) is 54.1 Å². The Balaban J connectivity index is 1.48. The second-order valence-corrected chi connectivity index (χ2v) is 10.1. The highest BCUT2D eigenvalue weighted by molar-refractivity contribution is 6.31. The number of likely N-dealkylation sites (tertiary alicyclic amines) is 1. The summed E-state index contributed by atoms with van der Waals surface area (Å²) in [4.78, 5) is 22.7. The zero-order chi connectivity index (χ0) is 24.4. The molecule has 35 heavy (non-hydrogen) atoms. The highest BCUT2D eigenvalue weighted by Crippen LogP contribution is 2.35. The minimum atomic E-state index is 0.0435. The molecule has 1 aliphatic carbocycles. The van der Waals surface area contributed by atoms with E-state index < -0.39 is 0 Å². The number of anilines is 1. The van der Waals surface area contributed by atoms with Crippen LogP contribution in [0.3, 0.4) is 0 Å². The van der Waals surface area contributed by atoms with Crippen LogP contribution in [-0.2, 0) is 0 Å². The molecule has 2 aliphatic rings. The Kier molecular flexibility index (Phi) is 7.12. The molecule has 2 heterocycles. The van der Waals surface area contributed by atoms with Crippen molar-refractivity contribution in [2.45, 2.75) is 56.7 Å². The minimum absolute atomic E-state index is 0.0435. The molecule has 5 rings (SSSR count). The number of fused-ring (bicyclic) bond motifs is 1. The van der Waals surface area contributed by atoms with Crippen LogP contribution in [0.25, 0.3) is 10.9 Å². The van der Waals surface area contributed by atoms with E-state index in [9.17, 15) is 4.79 Å². The molecule has 7 heteroatoms. The third-order valence-electron chi connectivity index (χ3n) is 7.56. The Morgan fingerprint density at radius 1 is 1.14 bits per heavy atom. The second-order valence-electron chi connectivity index (χ2n) is 9.71. The van der Waals surface area contributed by atoms with Gasteiger partial charge in [-0.1, -0.05) is 23.7 Å². The van der Waals surface area contributed by atoms with Gasteiger partial charge in [-0.15, -0.1) is 0 Å². The number of rotatable bonds is 6. The number of pyridine rings is 1. The number of halogens is 1. The van der Waals surface area contributed by atoms with Crippen LogP contribution >= 0.6 is 11.6 Å². The highest BCUT2D eigenvalue weighted by Gasteiger charge is 2.35. The summed E-state index contributed by atoms with van der Waals surface area (Å²) in [6.07, 6.45) is 7.98. The first-order valence-corrected chi connectivity index (χ1v) is 12.9. The Bertz CT molecular complexity index is 1190. The fourth-order valence-corrected chi connectivity index (χ4v) is 5.88. The van der Waals surface area contributed by atoms with Crippen LogP contribution in [0.15, 0.2) is 54.7 Å². The number of methoxy groups -OCH3 is 1. The minimum Gasteiger partial charge on any atom is -0.496 e. The molecule has 3 aromatic rings. The smallest absolute Gasteiger partial charge is 0.257 e. The largest absolute Gasteiger partial charge is 0.496 e. The number of amides is 1. The number of nitrogens with two attached hydrogens (primary N) is 1. The summed E-state index contributed by atoms with van der Waals surface area (Å²) in [6, 6.07) is 16.3. The van der Waals surface area contributed by atoms with Crippen molar-refractivity contribution in [3.05, 3.63) is 65.3 Å². The standard InChI is InChI=1S/C28H33ClN4O2/c1-35-27-7-3-2-6-24(27)28(34)32-16-4-5-22(32)18-33(21-11-9-20(30)10-12-21)26-14-15-31-25-17-19(29)8-13-23(25)26/h2-3,6-8,13-15,17,20-22H,4-5,9-12,16,18,30H2,1H3/t20?,21?,22-/m0/s1. The molecule has 184 valence electrons. The van der Waals surface area contributed by atoms with Gasteiger partial charge in [0.15, 0.2) is 0 Å². The van der Waals surface area contributed by atoms with Crippen molar-refractivity contribution < 1.29 is 9.53 Å². The number of carbonyl (C=O) groups is 1. The number of aromatic nitrogens is 1. The third kappa shape index (κ3) is 4.95. The SMILES string of the molecule is COc1ccccc1C(=O)N1CCC[C@H]1CN(c1ccnc2cc(Cl)ccc12)C1CCC(N)CC1. The zero-order valence-corrected chi connectivity index (χ0v) is 21.0. The summed E-state index contributed by atoms with van der Waals surface area (Å²) in [5, 5.41) is 1.77. The number of para-hydroxylation sites is 1. The number of ether oxygens (including phenoxy) is 1. The Hall–Kier alpha value is -2.83. The van der Waals surface area contributed by atoms with Gasteiger partial charge < -0.3 is 20.3 Å². The van der Waals surface area contributed by atoms with Gasteiger partial charge >= 0.3 is 0 Å². The van der Waals surface area contributed by atoms with Gasteiger partial charge in [0, 0.05) is 53.5 Å². The molecule has 1 amide bonds. The molecule has 0 spiro atoms. The lowest BCUT2D eigenvalue weighted by atomic mass is 9.90. The first-order valence-electron chi connectivity index (χ1n) is 12.6. The van der Waals surface area contributed by atoms with Crippen molar-refractivity contribution in [1.29, 1.82) is 0 Å². The molecule has 1 saturated carbocycles. The fourth-order valence-electron chi connectivity index (χ4n) is 5.71. The number of nitrogens with zero attached hydrogens (tertiary/aromatic N) is 3. The molecule has 1 aliphatic heterocycles. The number of hydrogen-bond acceptors (Lipinski definition) is 5. The van der Waals surface area contributed by atoms with Crippen molar-refractivity contribution in [1.82, 2.24) is 9.88 Å². The van der Waals surface area contributed by atoms with Crippen LogP contribution in [0.4, 0.5) is 5.69 Å². The fraction of sp³-hybridized carbons (Fsp3) is 0.429. The summed E-state index contributed by atoms with van der Waals surface area (Å²) in [5.74, 6) is 0.667. The van der Waals surface area contributed by atoms with Gasteiger partial charge in [-0.2, -0.15) is 0 Å². The maximum absolute atomic E-state index is 13.6. The van der Waals surface area contributed by atoms with E-state index in [0.29, 0.717) is 22.4 Å². The van der Waals surface area contributed by atoms with E-state index >= 15 is 0 Å². The summed E-state index contributed by atoms with van der Waals surface area (Å²) in [6.45, 7) is 1.54. The predicted octanol–water partition coefficient (Wildman–Crippen LogP) is 5.28. The number of benzene rings is 2. The molecule has 0 radical (unpaired) electrons. The predicted molar refractivity (Wildman–Crippen MR) is 141 cm³/mol. The average Bonchev–Trinajstić information content (AvgIpc) is 3.35. The topological polar surface area (TPSA) is 71.7 Å². The van der Waals surface area contributed by atoms with Crippen molar-refractivity contribution in [2.75, 3.05) is 25.1 Å². The maximum Gasteiger partial charge on any atom is 0.257 e. The Morgan fingerprint density at radius 3 is 2.74 bits per heavy atom. The van der Waals surface area contributed by atoms with Crippen LogP contribution in [0.1, 0.15) is 48.9 Å². The molecule has 6 nitrogen and oxygen atoms in total. The summed E-state index contributed by atoms with van der Waals surface area (Å²) in [5.41, 5.74) is 8.92. The van der Waals surface area contributed by atoms with E-state index in [2.05, 4.69) is 22.0 Å². The lowest BCUT2D eigenvalue weighted by Gasteiger charge is -2.41. The van der Waals surface area contributed by atoms with Gasteiger partial charge in [0.25, 0.3) is 5.91 Å². The first kappa shape index (κ1) is 23.9. The molecule has 2 fully saturated rings. The second kappa shape index (κ2) is 10.4. The lowest BCUT2D eigenvalue weighted by molar-refractivity contribution is 0.0735. The quantitative estimate of drug-likeness (QED) is 0.507. The Morgan fingerprint density at radius 2 is 1.94 bits per heavy atom. The van der Waals surface area contributed by atoms with E-state index in [4.69, 9.17) is 22.1 Å². The van der Waals surface area contributed by atoms with E-state index in [-0.39, 0.29) is 18.0 Å². The molecule has 0 bridgehead atoms. The van der Waals surface area contributed by atoms with Crippen molar-refractivity contribution in [2.24, 2.45) is 5.73 Å². The van der Waals surface area contributed by atoms with E-state index in [0.717, 1.165) is 68.2 Å².